The van der Waals surface area contributed by atoms with Gasteiger partial charge in [-0.25, -0.2) is 4.79 Å². The monoisotopic (exact) mass is 466 g/mol. The number of hydrogen-bond donors (Lipinski definition) is 1. The van der Waals surface area contributed by atoms with E-state index >= 15 is 0 Å². The summed E-state index contributed by atoms with van der Waals surface area (Å²) >= 11 is 1.60. The van der Waals surface area contributed by atoms with Gasteiger partial charge in [0, 0.05) is 56.9 Å². The summed E-state index contributed by atoms with van der Waals surface area (Å²) in [6, 6.07) is 11.2. The first-order valence-electron chi connectivity index (χ1n) is 11.2. The Balaban J connectivity index is 1.09. The molecule has 2 fully saturated rings. The van der Waals surface area contributed by atoms with Crippen molar-refractivity contribution in [2.75, 3.05) is 50.7 Å². The number of thiophene rings is 1. The maximum atomic E-state index is 13.0. The molecule has 2 aliphatic rings. The summed E-state index contributed by atoms with van der Waals surface area (Å²) in [5.41, 5.74) is 1.39. The van der Waals surface area contributed by atoms with Crippen LogP contribution in [-0.4, -0.2) is 77.7 Å². The van der Waals surface area contributed by atoms with Crippen LogP contribution in [0, 0.1) is 0 Å². The zero-order valence-electron chi connectivity index (χ0n) is 18.3. The first-order valence-corrected chi connectivity index (χ1v) is 12.1. The smallest absolute Gasteiger partial charge is 0.321 e. The Hall–Kier alpha value is -3.24. The van der Waals surface area contributed by atoms with Crippen LogP contribution in [0.2, 0.25) is 0 Å². The highest BCUT2D eigenvalue weighted by molar-refractivity contribution is 7.13. The first kappa shape index (κ1) is 21.6. The fraction of sp³-hybridized carbons (Fsp3) is 0.391. The summed E-state index contributed by atoms with van der Waals surface area (Å²) in [4.78, 5) is 36.4. The lowest BCUT2D eigenvalue weighted by molar-refractivity contribution is 0.0635. The van der Waals surface area contributed by atoms with Crippen LogP contribution in [0.5, 0.6) is 0 Å². The van der Waals surface area contributed by atoms with Gasteiger partial charge in [-0.05, 0) is 42.6 Å². The highest BCUT2D eigenvalue weighted by atomic mass is 32.1. The standard InChI is InChI=1S/C23H26N6O3S/c30-22(17-4-1-5-18(16-17)29-10-8-24-23(29)31)28-13-11-27(12-14-28)9-2-7-20-25-21(26-32-20)19-6-3-15-33-19/h1,3-6,15-16H,2,7-14H2,(H,24,31). The normalized spacial score (nSPS) is 16.9. The number of anilines is 1. The molecule has 172 valence electrons. The molecule has 10 heteroatoms. The second-order valence-electron chi connectivity index (χ2n) is 8.16. The molecule has 9 nitrogen and oxygen atoms in total. The van der Waals surface area contributed by atoms with Crippen molar-refractivity contribution < 1.29 is 14.1 Å². The van der Waals surface area contributed by atoms with Crippen molar-refractivity contribution in [1.29, 1.82) is 0 Å². The summed E-state index contributed by atoms with van der Waals surface area (Å²) in [5.74, 6) is 1.34. The summed E-state index contributed by atoms with van der Waals surface area (Å²) < 4.78 is 5.37. The predicted octanol–water partition coefficient (Wildman–Crippen LogP) is 2.72. The summed E-state index contributed by atoms with van der Waals surface area (Å²) in [6.45, 7) is 5.23. The number of benzene rings is 1. The molecule has 5 rings (SSSR count). The minimum atomic E-state index is -0.114. The van der Waals surface area contributed by atoms with Gasteiger partial charge >= 0.3 is 6.03 Å². The molecule has 2 aliphatic heterocycles. The van der Waals surface area contributed by atoms with Crippen LogP contribution in [0.4, 0.5) is 10.5 Å². The number of amides is 3. The third kappa shape index (κ3) is 4.91. The number of carbonyl (C=O) groups is 2. The van der Waals surface area contributed by atoms with E-state index in [0.717, 1.165) is 43.0 Å². The fourth-order valence-corrected chi connectivity index (χ4v) is 4.85. The average Bonchev–Trinajstić information content (AvgIpc) is 3.61. The van der Waals surface area contributed by atoms with Crippen molar-refractivity contribution in [1.82, 2.24) is 25.3 Å². The Kier molecular flexibility index (Phi) is 6.36. The van der Waals surface area contributed by atoms with Crippen LogP contribution in [0.25, 0.3) is 10.7 Å². The zero-order valence-corrected chi connectivity index (χ0v) is 19.1. The predicted molar refractivity (Wildman–Crippen MR) is 125 cm³/mol. The van der Waals surface area contributed by atoms with Gasteiger partial charge in [0.1, 0.15) is 0 Å². The molecule has 1 aromatic carbocycles. The molecule has 0 aliphatic carbocycles. The van der Waals surface area contributed by atoms with Crippen LogP contribution in [0.1, 0.15) is 22.7 Å². The molecular weight excluding hydrogens is 440 g/mol. The number of hydrogen-bond acceptors (Lipinski definition) is 7. The summed E-state index contributed by atoms with van der Waals surface area (Å²) in [5, 5.41) is 8.85. The van der Waals surface area contributed by atoms with Crippen molar-refractivity contribution in [3.8, 4) is 10.7 Å². The largest absolute Gasteiger partial charge is 0.339 e. The number of nitrogens with zero attached hydrogens (tertiary/aromatic N) is 5. The summed E-state index contributed by atoms with van der Waals surface area (Å²) in [6.07, 6.45) is 1.67. The molecule has 2 aromatic heterocycles. The van der Waals surface area contributed by atoms with Gasteiger partial charge in [-0.2, -0.15) is 4.98 Å². The second kappa shape index (κ2) is 9.72. The van der Waals surface area contributed by atoms with Gasteiger partial charge in [0.15, 0.2) is 0 Å². The van der Waals surface area contributed by atoms with Gasteiger partial charge in [-0.1, -0.05) is 17.3 Å². The molecule has 3 amide bonds. The van der Waals surface area contributed by atoms with E-state index < -0.39 is 0 Å². The Bertz CT molecular complexity index is 1110. The van der Waals surface area contributed by atoms with Crippen molar-refractivity contribution >= 4 is 29.0 Å². The second-order valence-corrected chi connectivity index (χ2v) is 9.11. The minimum absolute atomic E-state index is 0.0167. The lowest BCUT2D eigenvalue weighted by Gasteiger charge is -2.34. The van der Waals surface area contributed by atoms with E-state index in [1.165, 1.54) is 0 Å². The highest BCUT2D eigenvalue weighted by Gasteiger charge is 2.25. The first-order chi connectivity index (χ1) is 16.2. The molecule has 0 saturated carbocycles. The van der Waals surface area contributed by atoms with Crippen LogP contribution < -0.4 is 10.2 Å². The molecule has 1 N–H and O–H groups in total. The number of piperazine rings is 1. The van der Waals surface area contributed by atoms with E-state index in [1.807, 2.05) is 46.7 Å². The van der Waals surface area contributed by atoms with E-state index in [-0.39, 0.29) is 11.9 Å². The van der Waals surface area contributed by atoms with Crippen LogP contribution in [0.3, 0.4) is 0 Å². The van der Waals surface area contributed by atoms with Crippen LogP contribution >= 0.6 is 11.3 Å². The molecule has 0 atom stereocenters. The molecule has 33 heavy (non-hydrogen) atoms. The van der Waals surface area contributed by atoms with E-state index in [4.69, 9.17) is 4.52 Å². The van der Waals surface area contributed by atoms with Crippen molar-refractivity contribution in [2.45, 2.75) is 12.8 Å². The number of carbonyl (C=O) groups excluding carboxylic acids is 2. The number of rotatable bonds is 7. The maximum absolute atomic E-state index is 13.0. The lowest BCUT2D eigenvalue weighted by atomic mass is 10.1. The van der Waals surface area contributed by atoms with Gasteiger partial charge in [-0.3, -0.25) is 14.6 Å². The molecule has 0 unspecified atom stereocenters. The Labute approximate surface area is 196 Å². The van der Waals surface area contributed by atoms with Gasteiger partial charge in [0.05, 0.1) is 4.88 Å². The van der Waals surface area contributed by atoms with E-state index in [2.05, 4.69) is 20.4 Å². The zero-order chi connectivity index (χ0) is 22.6. The van der Waals surface area contributed by atoms with Gasteiger partial charge < -0.3 is 14.7 Å². The average molecular weight is 467 g/mol. The minimum Gasteiger partial charge on any atom is -0.339 e. The summed E-state index contributed by atoms with van der Waals surface area (Å²) in [7, 11) is 0. The van der Waals surface area contributed by atoms with Gasteiger partial charge in [0.25, 0.3) is 5.91 Å². The lowest BCUT2D eigenvalue weighted by Crippen LogP contribution is -2.48. The molecule has 4 heterocycles. The molecule has 0 bridgehead atoms. The van der Waals surface area contributed by atoms with E-state index in [9.17, 15) is 9.59 Å². The number of aryl methyl sites for hydroxylation is 1. The molecular formula is C23H26N6O3S. The topological polar surface area (TPSA) is 94.8 Å². The van der Waals surface area contributed by atoms with Crippen LogP contribution in [0.15, 0.2) is 46.3 Å². The van der Waals surface area contributed by atoms with Gasteiger partial charge in [-0.15, -0.1) is 11.3 Å². The SMILES string of the molecule is O=C(c1cccc(N2CCNC2=O)c1)N1CCN(CCCc2nc(-c3cccs3)no2)CC1. The Morgan fingerprint density at radius 3 is 2.76 bits per heavy atom. The van der Waals surface area contributed by atoms with Crippen LogP contribution in [-0.2, 0) is 6.42 Å². The third-order valence-corrected chi connectivity index (χ3v) is 6.86. The Morgan fingerprint density at radius 2 is 2.00 bits per heavy atom. The number of nitrogens with one attached hydrogen (secondary N) is 1. The van der Waals surface area contributed by atoms with E-state index in [1.54, 1.807) is 16.2 Å². The fourth-order valence-electron chi connectivity index (χ4n) is 4.20. The highest BCUT2D eigenvalue weighted by Crippen LogP contribution is 2.22. The third-order valence-electron chi connectivity index (χ3n) is 6.00. The molecule has 3 aromatic rings. The van der Waals surface area contributed by atoms with Crippen molar-refractivity contribution in [3.63, 3.8) is 0 Å². The van der Waals surface area contributed by atoms with Crippen molar-refractivity contribution in [3.05, 3.63) is 53.2 Å². The number of urea groups is 1. The Morgan fingerprint density at radius 1 is 1.12 bits per heavy atom. The number of aromatic nitrogens is 2. The quantitative estimate of drug-likeness (QED) is 0.575. The van der Waals surface area contributed by atoms with Crippen molar-refractivity contribution in [2.24, 2.45) is 0 Å². The molecule has 2 saturated heterocycles. The molecule has 0 spiro atoms. The van der Waals surface area contributed by atoms with E-state index in [0.29, 0.717) is 43.5 Å². The van der Waals surface area contributed by atoms with Gasteiger partial charge in [0.2, 0.25) is 11.7 Å². The maximum Gasteiger partial charge on any atom is 0.321 e. The molecule has 0 radical (unpaired) electrons.